The molecule has 184 valence electrons. The fourth-order valence-electron chi connectivity index (χ4n) is 5.67. The van der Waals surface area contributed by atoms with Crippen LogP contribution in [-0.2, 0) is 14.3 Å². The average molecular weight is 477 g/mol. The van der Waals surface area contributed by atoms with Crippen molar-refractivity contribution in [2.24, 2.45) is 5.92 Å². The van der Waals surface area contributed by atoms with E-state index in [2.05, 4.69) is 29.6 Å². The Morgan fingerprint density at radius 2 is 1.63 bits per heavy atom. The van der Waals surface area contributed by atoms with Gasteiger partial charge in [-0.3, -0.25) is 9.59 Å². The summed E-state index contributed by atoms with van der Waals surface area (Å²) in [5.74, 6) is -0.710. The highest BCUT2D eigenvalue weighted by molar-refractivity contribution is 5.80. The van der Waals surface area contributed by atoms with Gasteiger partial charge < -0.3 is 20.1 Å². The minimum Gasteiger partial charge on any atom is -0.481 e. The number of carbonyl (C=O) groups is 3. The molecule has 2 unspecified atom stereocenters. The van der Waals surface area contributed by atoms with Crippen LogP contribution < -0.4 is 5.32 Å². The van der Waals surface area contributed by atoms with E-state index in [1.165, 1.54) is 11.1 Å². The van der Waals surface area contributed by atoms with Crippen molar-refractivity contribution in [3.8, 4) is 11.1 Å². The van der Waals surface area contributed by atoms with Gasteiger partial charge in [-0.1, -0.05) is 48.5 Å². The number of carbonyl (C=O) groups excluding carboxylic acids is 2. The quantitative estimate of drug-likeness (QED) is 0.583. The summed E-state index contributed by atoms with van der Waals surface area (Å²) in [6.07, 6.45) is 4.13. The Morgan fingerprint density at radius 1 is 0.971 bits per heavy atom. The molecule has 35 heavy (non-hydrogen) atoms. The van der Waals surface area contributed by atoms with Gasteiger partial charge in [0.2, 0.25) is 5.91 Å². The van der Waals surface area contributed by atoms with E-state index in [9.17, 15) is 19.5 Å². The van der Waals surface area contributed by atoms with Gasteiger partial charge in [0.1, 0.15) is 6.61 Å². The van der Waals surface area contributed by atoms with E-state index in [1.807, 2.05) is 24.3 Å². The molecule has 2 aliphatic carbocycles. The van der Waals surface area contributed by atoms with Crippen molar-refractivity contribution >= 4 is 18.0 Å². The molecule has 5 rings (SSSR count). The maximum absolute atomic E-state index is 13.1. The zero-order chi connectivity index (χ0) is 24.4. The van der Waals surface area contributed by atoms with Crippen LogP contribution >= 0.6 is 0 Å². The maximum Gasteiger partial charge on any atom is 0.407 e. The third-order valence-corrected chi connectivity index (χ3v) is 7.59. The van der Waals surface area contributed by atoms with Crippen molar-refractivity contribution in [3.63, 3.8) is 0 Å². The normalized spacial score (nSPS) is 20.0. The molecule has 2 aromatic carbocycles. The van der Waals surface area contributed by atoms with E-state index >= 15 is 0 Å². The number of carboxylic acids is 1. The Hall–Kier alpha value is -3.35. The molecule has 0 radical (unpaired) electrons. The van der Waals surface area contributed by atoms with Crippen molar-refractivity contribution in [1.29, 1.82) is 0 Å². The smallest absolute Gasteiger partial charge is 0.407 e. The van der Waals surface area contributed by atoms with Crippen LogP contribution in [0.15, 0.2) is 48.5 Å². The van der Waals surface area contributed by atoms with Crippen molar-refractivity contribution in [1.82, 2.24) is 10.2 Å². The van der Waals surface area contributed by atoms with Crippen LogP contribution in [0.4, 0.5) is 4.79 Å². The zero-order valence-corrected chi connectivity index (χ0v) is 19.8. The fraction of sp³-hybridized carbons (Fsp3) is 0.464. The molecule has 2 amide bonds. The number of hydrogen-bond acceptors (Lipinski definition) is 4. The summed E-state index contributed by atoms with van der Waals surface area (Å²) < 4.78 is 5.70. The summed E-state index contributed by atoms with van der Waals surface area (Å²) in [5.41, 5.74) is 4.67. The highest BCUT2D eigenvalue weighted by Gasteiger charge is 2.37. The number of aliphatic carboxylic acids is 1. The molecule has 2 N–H and O–H groups in total. The first-order valence-corrected chi connectivity index (χ1v) is 12.6. The van der Waals surface area contributed by atoms with Gasteiger partial charge in [-0.15, -0.1) is 0 Å². The van der Waals surface area contributed by atoms with Gasteiger partial charge in [0, 0.05) is 31.0 Å². The second-order valence-electron chi connectivity index (χ2n) is 9.95. The number of carboxylic acid groups (broad SMARTS) is 1. The third-order valence-electron chi connectivity index (χ3n) is 7.59. The van der Waals surface area contributed by atoms with E-state index in [4.69, 9.17) is 4.74 Å². The summed E-state index contributed by atoms with van der Waals surface area (Å²) in [7, 11) is 0. The third kappa shape index (κ3) is 5.19. The predicted octanol–water partition coefficient (Wildman–Crippen LogP) is 4.55. The fourth-order valence-corrected chi connectivity index (χ4v) is 5.67. The van der Waals surface area contributed by atoms with Crippen LogP contribution in [-0.4, -0.2) is 53.2 Å². The Labute approximate surface area is 205 Å². The lowest BCUT2D eigenvalue weighted by Gasteiger charge is -2.36. The number of ether oxygens (including phenoxy) is 1. The number of alkyl carbamates (subject to hydrolysis) is 1. The molecule has 1 heterocycles. The van der Waals surface area contributed by atoms with Gasteiger partial charge in [0.05, 0.1) is 6.42 Å². The summed E-state index contributed by atoms with van der Waals surface area (Å²) >= 11 is 0. The summed E-state index contributed by atoms with van der Waals surface area (Å²) in [6.45, 7) is 0.817. The molecule has 2 fully saturated rings. The molecular formula is C28H32N2O5. The van der Waals surface area contributed by atoms with E-state index in [0.29, 0.717) is 13.0 Å². The van der Waals surface area contributed by atoms with E-state index < -0.39 is 12.1 Å². The lowest BCUT2D eigenvalue weighted by molar-refractivity contribution is -0.142. The molecule has 2 aromatic rings. The highest BCUT2D eigenvalue weighted by Crippen LogP contribution is 2.44. The zero-order valence-electron chi connectivity index (χ0n) is 19.8. The standard InChI is InChI=1S/C28H32N2O5/c31-26(30-14-6-5-7-19(30)15-27(32)33)16-25(18-12-13-18)29-28(34)35-17-24-22-10-3-1-8-20(22)21-9-2-4-11-23(21)24/h1-4,8-11,18-19,24-25H,5-7,12-17H2,(H,29,34)(H,32,33). The number of rotatable bonds is 8. The average Bonchev–Trinajstić information content (AvgIpc) is 3.65. The molecule has 0 aromatic heterocycles. The Kier molecular flexibility index (Phi) is 6.75. The SMILES string of the molecule is O=C(O)CC1CCCCN1C(=O)CC(NC(=O)OCC1c2ccccc2-c2ccccc21)C1CC1. The van der Waals surface area contributed by atoms with E-state index in [1.54, 1.807) is 4.90 Å². The first-order chi connectivity index (χ1) is 17.0. The molecule has 1 saturated heterocycles. The highest BCUT2D eigenvalue weighted by atomic mass is 16.5. The topological polar surface area (TPSA) is 95.9 Å². The number of benzene rings is 2. The summed E-state index contributed by atoms with van der Waals surface area (Å²) in [4.78, 5) is 38.9. The Balaban J connectivity index is 1.20. The summed E-state index contributed by atoms with van der Waals surface area (Å²) in [5, 5.41) is 12.2. The van der Waals surface area contributed by atoms with Gasteiger partial charge in [0.15, 0.2) is 0 Å². The Morgan fingerprint density at radius 3 is 2.26 bits per heavy atom. The van der Waals surface area contributed by atoms with Crippen LogP contribution in [0, 0.1) is 5.92 Å². The minimum absolute atomic E-state index is 0.0146. The number of nitrogens with one attached hydrogen (secondary N) is 1. The van der Waals surface area contributed by atoms with E-state index in [-0.39, 0.29) is 49.3 Å². The maximum atomic E-state index is 13.1. The molecule has 7 heteroatoms. The van der Waals surface area contributed by atoms with Crippen LogP contribution in [0.1, 0.15) is 62.0 Å². The second-order valence-corrected chi connectivity index (χ2v) is 9.95. The van der Waals surface area contributed by atoms with Gasteiger partial charge in [-0.25, -0.2) is 4.79 Å². The number of amides is 2. The van der Waals surface area contributed by atoms with Crippen LogP contribution in [0.5, 0.6) is 0 Å². The van der Waals surface area contributed by atoms with Gasteiger partial charge in [-0.2, -0.15) is 0 Å². The molecule has 7 nitrogen and oxygen atoms in total. The Bertz CT molecular complexity index is 1070. The van der Waals surface area contributed by atoms with Crippen molar-refractivity contribution < 1.29 is 24.2 Å². The van der Waals surface area contributed by atoms with Crippen molar-refractivity contribution in [2.45, 2.75) is 62.9 Å². The monoisotopic (exact) mass is 476 g/mol. The van der Waals surface area contributed by atoms with Gasteiger partial charge in [-0.05, 0) is 60.3 Å². The molecule has 1 aliphatic heterocycles. The van der Waals surface area contributed by atoms with Crippen LogP contribution in [0.25, 0.3) is 11.1 Å². The van der Waals surface area contributed by atoms with E-state index in [0.717, 1.165) is 36.8 Å². The number of nitrogens with zero attached hydrogens (tertiary/aromatic N) is 1. The van der Waals surface area contributed by atoms with Crippen LogP contribution in [0.3, 0.4) is 0 Å². The second kappa shape index (κ2) is 10.1. The molecular weight excluding hydrogens is 444 g/mol. The number of hydrogen-bond donors (Lipinski definition) is 2. The minimum atomic E-state index is -0.884. The largest absolute Gasteiger partial charge is 0.481 e. The lowest BCUT2D eigenvalue weighted by atomic mass is 9.97. The lowest BCUT2D eigenvalue weighted by Crippen LogP contribution is -2.48. The number of likely N-dealkylation sites (tertiary alicyclic amines) is 1. The number of piperidine rings is 1. The van der Waals surface area contributed by atoms with Gasteiger partial charge in [0.25, 0.3) is 0 Å². The first kappa shape index (κ1) is 23.4. The van der Waals surface area contributed by atoms with Crippen molar-refractivity contribution in [3.05, 3.63) is 59.7 Å². The number of fused-ring (bicyclic) bond motifs is 3. The molecule has 0 bridgehead atoms. The molecule has 2 atom stereocenters. The summed E-state index contributed by atoms with van der Waals surface area (Å²) in [6, 6.07) is 15.9. The first-order valence-electron chi connectivity index (χ1n) is 12.6. The predicted molar refractivity (Wildman–Crippen MR) is 131 cm³/mol. The van der Waals surface area contributed by atoms with Gasteiger partial charge >= 0.3 is 12.1 Å². The molecule has 3 aliphatic rings. The van der Waals surface area contributed by atoms with Crippen molar-refractivity contribution in [2.75, 3.05) is 13.2 Å². The van der Waals surface area contributed by atoms with Crippen LogP contribution in [0.2, 0.25) is 0 Å². The molecule has 0 spiro atoms. The molecule has 1 saturated carbocycles.